The summed E-state index contributed by atoms with van der Waals surface area (Å²) in [5, 5.41) is 0. The van der Waals surface area contributed by atoms with Crippen LogP contribution in [0.15, 0.2) is 109 Å². The van der Waals surface area contributed by atoms with E-state index in [-0.39, 0.29) is 0 Å². The highest BCUT2D eigenvalue weighted by Crippen LogP contribution is 2.24. The average Bonchev–Trinajstić information content (AvgIpc) is 3.06. The molecule has 0 amide bonds. The number of allylic oxidation sites excluding steroid dienone is 4. The molecule has 0 fully saturated rings. The summed E-state index contributed by atoms with van der Waals surface area (Å²) >= 11 is 0. The maximum atomic E-state index is 12.3. The fourth-order valence-electron chi connectivity index (χ4n) is 4.03. The van der Waals surface area contributed by atoms with E-state index < -0.39 is 6.16 Å². The van der Waals surface area contributed by atoms with Crippen LogP contribution in [-0.2, 0) is 0 Å². The number of hydrogen-bond acceptors (Lipinski definition) is 7. The van der Waals surface area contributed by atoms with Crippen molar-refractivity contribution in [3.05, 3.63) is 131 Å². The van der Waals surface area contributed by atoms with Crippen LogP contribution in [0.25, 0.3) is 24.3 Å². The van der Waals surface area contributed by atoms with E-state index in [1.165, 1.54) is 0 Å². The second-order valence-corrected chi connectivity index (χ2v) is 9.32. The third-order valence-corrected chi connectivity index (χ3v) is 6.29. The van der Waals surface area contributed by atoms with Crippen LogP contribution < -0.4 is 28.4 Å². The maximum absolute atomic E-state index is 12.3. The number of carbonyl (C=O) groups is 1. The topological polar surface area (TPSA) is 72.5 Å². The molecule has 0 unspecified atom stereocenters. The Morgan fingerprint density at radius 3 is 1.00 bits per heavy atom. The highest BCUT2D eigenvalue weighted by atomic mass is 16.7. The molecule has 4 aromatic rings. The van der Waals surface area contributed by atoms with Crippen molar-refractivity contribution in [2.45, 2.75) is 0 Å². The first-order valence-electron chi connectivity index (χ1n) is 13.7. The summed E-state index contributed by atoms with van der Waals surface area (Å²) in [7, 11) is 6.48. The first kappa shape index (κ1) is 31.3. The van der Waals surface area contributed by atoms with Crippen molar-refractivity contribution in [2.75, 3.05) is 28.4 Å². The Hall–Kier alpha value is -5.69. The predicted molar refractivity (Wildman–Crippen MR) is 175 cm³/mol. The second kappa shape index (κ2) is 16.1. The molecule has 0 N–H and O–H groups in total. The molecule has 4 aromatic carbocycles. The van der Waals surface area contributed by atoms with Crippen LogP contribution >= 0.6 is 0 Å². The predicted octanol–water partition coefficient (Wildman–Crippen LogP) is 8.75. The standard InChI is InChI=1S/C37H34O7/c1-39-33-21-29(22-34(25-33)40-2)11-7-5-9-27-13-17-31(18-14-27)43-37(38)44-32-19-15-28(16-20-32)10-6-8-12-30-23-35(41-3)26-36(24-30)42-4/h5-26H,1-4H3/b9-5+,10-6+,11-7+,12-8+. The van der Waals surface area contributed by atoms with Gasteiger partial charge in [0.05, 0.1) is 28.4 Å². The number of methoxy groups -OCH3 is 4. The fraction of sp³-hybridized carbons (Fsp3) is 0.108. The normalized spacial score (nSPS) is 11.4. The molecule has 0 heterocycles. The van der Waals surface area contributed by atoms with E-state index in [4.69, 9.17) is 28.4 Å². The SMILES string of the molecule is COc1cc(/C=C/C=C/c2ccc(OC(=O)Oc3ccc(/C=C/C=C/c4cc(OC)cc(OC)c4)cc3)cc2)cc(OC)c1. The zero-order chi connectivity index (χ0) is 31.1. The van der Waals surface area contributed by atoms with Crippen molar-refractivity contribution in [1.82, 2.24) is 0 Å². The van der Waals surface area contributed by atoms with E-state index in [1.54, 1.807) is 52.7 Å². The Morgan fingerprint density at radius 1 is 0.409 bits per heavy atom. The van der Waals surface area contributed by atoms with E-state index in [2.05, 4.69) is 0 Å². The first-order valence-corrected chi connectivity index (χ1v) is 13.7. The molecule has 0 saturated heterocycles. The lowest BCUT2D eigenvalue weighted by atomic mass is 10.1. The van der Waals surface area contributed by atoms with Gasteiger partial charge in [-0.2, -0.15) is 0 Å². The highest BCUT2D eigenvalue weighted by Gasteiger charge is 2.08. The lowest BCUT2D eigenvalue weighted by Crippen LogP contribution is -2.13. The fourth-order valence-corrected chi connectivity index (χ4v) is 4.03. The van der Waals surface area contributed by atoms with Gasteiger partial charge in [0.2, 0.25) is 0 Å². The van der Waals surface area contributed by atoms with Crippen LogP contribution in [0.1, 0.15) is 22.3 Å². The molecule has 0 aliphatic carbocycles. The second-order valence-electron chi connectivity index (χ2n) is 9.32. The third-order valence-electron chi connectivity index (χ3n) is 6.29. The van der Waals surface area contributed by atoms with E-state index in [0.29, 0.717) is 11.5 Å². The summed E-state index contributed by atoms with van der Waals surface area (Å²) in [5.41, 5.74) is 3.80. The molecule has 0 spiro atoms. The molecule has 0 aliphatic heterocycles. The molecular formula is C37H34O7. The van der Waals surface area contributed by atoms with Crippen molar-refractivity contribution in [3.63, 3.8) is 0 Å². The quantitative estimate of drug-likeness (QED) is 0.0928. The van der Waals surface area contributed by atoms with E-state index in [1.807, 2.05) is 109 Å². The smallest absolute Gasteiger partial charge is 0.497 e. The summed E-state index contributed by atoms with van der Waals surface area (Å²) in [6, 6.07) is 25.6. The van der Waals surface area contributed by atoms with Crippen molar-refractivity contribution in [1.29, 1.82) is 0 Å². The van der Waals surface area contributed by atoms with Gasteiger partial charge in [0, 0.05) is 12.1 Å². The molecule has 4 rings (SSSR count). The van der Waals surface area contributed by atoms with Crippen LogP contribution in [0.2, 0.25) is 0 Å². The lowest BCUT2D eigenvalue weighted by molar-refractivity contribution is 0.152. The third kappa shape index (κ3) is 9.70. The Morgan fingerprint density at radius 2 is 0.705 bits per heavy atom. The summed E-state index contributed by atoms with van der Waals surface area (Å²) < 4.78 is 31.8. The van der Waals surface area contributed by atoms with Gasteiger partial charge in [0.25, 0.3) is 0 Å². The van der Waals surface area contributed by atoms with E-state index in [9.17, 15) is 4.79 Å². The van der Waals surface area contributed by atoms with Crippen LogP contribution in [-0.4, -0.2) is 34.6 Å². The van der Waals surface area contributed by atoms with Gasteiger partial charge in [0.1, 0.15) is 34.5 Å². The molecular weight excluding hydrogens is 556 g/mol. The Labute approximate surface area is 257 Å². The minimum Gasteiger partial charge on any atom is -0.497 e. The van der Waals surface area contributed by atoms with Crippen molar-refractivity contribution < 1.29 is 33.2 Å². The van der Waals surface area contributed by atoms with Crippen LogP contribution in [0.5, 0.6) is 34.5 Å². The number of benzene rings is 4. The van der Waals surface area contributed by atoms with Gasteiger partial charge in [-0.1, -0.05) is 72.9 Å². The van der Waals surface area contributed by atoms with Gasteiger partial charge < -0.3 is 28.4 Å². The molecule has 7 nitrogen and oxygen atoms in total. The largest absolute Gasteiger partial charge is 0.519 e. The molecule has 44 heavy (non-hydrogen) atoms. The Kier molecular flexibility index (Phi) is 11.4. The monoisotopic (exact) mass is 590 g/mol. The van der Waals surface area contributed by atoms with E-state index in [0.717, 1.165) is 45.3 Å². The molecule has 0 saturated carbocycles. The summed E-state index contributed by atoms with van der Waals surface area (Å²) in [4.78, 5) is 12.3. The van der Waals surface area contributed by atoms with Crippen LogP contribution in [0.4, 0.5) is 4.79 Å². The van der Waals surface area contributed by atoms with Crippen LogP contribution in [0.3, 0.4) is 0 Å². The van der Waals surface area contributed by atoms with Crippen molar-refractivity contribution in [2.24, 2.45) is 0 Å². The van der Waals surface area contributed by atoms with Gasteiger partial charge in [-0.05, 0) is 70.8 Å². The molecule has 0 atom stereocenters. The summed E-state index contributed by atoms with van der Waals surface area (Å²) in [5.74, 6) is 3.66. The van der Waals surface area contributed by atoms with Crippen LogP contribution in [0, 0.1) is 0 Å². The number of hydrogen-bond donors (Lipinski definition) is 0. The van der Waals surface area contributed by atoms with Crippen molar-refractivity contribution >= 4 is 30.5 Å². The zero-order valence-corrected chi connectivity index (χ0v) is 25.1. The number of ether oxygens (including phenoxy) is 6. The summed E-state index contributed by atoms with van der Waals surface area (Å²) in [6.07, 6.45) is 14.7. The minimum absolute atomic E-state index is 0.381. The number of carbonyl (C=O) groups excluding carboxylic acids is 1. The molecule has 0 aromatic heterocycles. The zero-order valence-electron chi connectivity index (χ0n) is 25.1. The average molecular weight is 591 g/mol. The lowest BCUT2D eigenvalue weighted by Gasteiger charge is -2.06. The summed E-state index contributed by atoms with van der Waals surface area (Å²) in [6.45, 7) is 0. The van der Waals surface area contributed by atoms with Gasteiger partial charge in [-0.15, -0.1) is 0 Å². The van der Waals surface area contributed by atoms with Gasteiger partial charge in [0.15, 0.2) is 0 Å². The van der Waals surface area contributed by atoms with E-state index >= 15 is 0 Å². The van der Waals surface area contributed by atoms with Gasteiger partial charge in [-0.25, -0.2) is 4.79 Å². The Balaban J connectivity index is 1.25. The maximum Gasteiger partial charge on any atom is 0.519 e. The minimum atomic E-state index is -0.815. The molecule has 224 valence electrons. The first-order chi connectivity index (χ1) is 21.5. The highest BCUT2D eigenvalue weighted by molar-refractivity contribution is 5.68. The molecule has 0 aliphatic rings. The van der Waals surface area contributed by atoms with Gasteiger partial charge in [-0.3, -0.25) is 0 Å². The number of rotatable bonds is 12. The molecule has 7 heteroatoms. The molecule has 0 bridgehead atoms. The van der Waals surface area contributed by atoms with Crippen molar-refractivity contribution in [3.8, 4) is 34.5 Å². The Bertz CT molecular complexity index is 1480. The molecule has 0 radical (unpaired) electrons. The van der Waals surface area contributed by atoms with Gasteiger partial charge >= 0.3 is 6.16 Å².